The number of ether oxygens (including phenoxy) is 1. The highest BCUT2D eigenvalue weighted by Gasteiger charge is 2.10. The number of hydrogen-bond acceptors (Lipinski definition) is 4. The van der Waals surface area contributed by atoms with E-state index in [1.54, 1.807) is 12.1 Å². The molecule has 0 aromatic carbocycles. The number of pyridine rings is 1. The van der Waals surface area contributed by atoms with Crippen LogP contribution in [0.25, 0.3) is 0 Å². The van der Waals surface area contributed by atoms with Crippen LogP contribution in [0.4, 0.5) is 0 Å². The van der Waals surface area contributed by atoms with Gasteiger partial charge in [0.1, 0.15) is 12.3 Å². The summed E-state index contributed by atoms with van der Waals surface area (Å²) in [5.41, 5.74) is 0.756. The van der Waals surface area contributed by atoms with Crippen molar-refractivity contribution in [3.8, 4) is 11.8 Å². The van der Waals surface area contributed by atoms with Gasteiger partial charge in [-0.1, -0.05) is 11.8 Å². The van der Waals surface area contributed by atoms with Gasteiger partial charge in [-0.25, -0.2) is 4.98 Å². The van der Waals surface area contributed by atoms with E-state index in [-0.39, 0.29) is 24.3 Å². The number of carbonyl (C=O) groups excluding carboxylic acids is 1. The first-order chi connectivity index (χ1) is 9.15. The molecule has 1 rings (SSSR count). The van der Waals surface area contributed by atoms with Crippen LogP contribution in [-0.2, 0) is 4.74 Å². The van der Waals surface area contributed by atoms with Crippen LogP contribution in [0.1, 0.15) is 29.9 Å². The van der Waals surface area contributed by atoms with Crippen molar-refractivity contribution in [3.63, 3.8) is 0 Å². The summed E-state index contributed by atoms with van der Waals surface area (Å²) in [5.74, 6) is 4.90. The number of amides is 1. The number of hydrogen-bond donors (Lipinski definition) is 2. The van der Waals surface area contributed by atoms with Crippen molar-refractivity contribution >= 4 is 5.91 Å². The average Bonchev–Trinajstić information content (AvgIpc) is 2.41. The summed E-state index contributed by atoms with van der Waals surface area (Å²) in [5, 5.41) is 11.4. The van der Waals surface area contributed by atoms with Gasteiger partial charge in [-0.05, 0) is 26.0 Å². The molecule has 0 atom stereocenters. The van der Waals surface area contributed by atoms with E-state index in [2.05, 4.69) is 22.1 Å². The second-order valence-electron chi connectivity index (χ2n) is 4.03. The molecule has 5 nitrogen and oxygen atoms in total. The molecule has 1 aromatic rings. The first-order valence-corrected chi connectivity index (χ1v) is 6.09. The van der Waals surface area contributed by atoms with E-state index in [0.29, 0.717) is 18.7 Å². The van der Waals surface area contributed by atoms with E-state index < -0.39 is 0 Å². The number of aromatic nitrogens is 1. The molecule has 1 heterocycles. The Kier molecular flexibility index (Phi) is 6.58. The van der Waals surface area contributed by atoms with Gasteiger partial charge in [0.15, 0.2) is 0 Å². The third kappa shape index (κ3) is 5.51. The normalized spacial score (nSPS) is 9.89. The summed E-state index contributed by atoms with van der Waals surface area (Å²) in [6.07, 6.45) is 1.67. The van der Waals surface area contributed by atoms with Crippen LogP contribution in [0.15, 0.2) is 18.3 Å². The molecule has 0 aliphatic rings. The minimum absolute atomic E-state index is 0.137. The minimum atomic E-state index is -0.296. The number of aliphatic hydroxyl groups excluding tert-OH is 1. The van der Waals surface area contributed by atoms with Crippen molar-refractivity contribution in [1.82, 2.24) is 10.3 Å². The summed E-state index contributed by atoms with van der Waals surface area (Å²) in [6, 6.07) is 3.38. The second kappa shape index (κ2) is 8.25. The molecule has 0 fully saturated rings. The molecule has 0 saturated carbocycles. The third-order valence-corrected chi connectivity index (χ3v) is 2.16. The zero-order valence-corrected chi connectivity index (χ0v) is 11.1. The minimum Gasteiger partial charge on any atom is -0.384 e. The Morgan fingerprint density at radius 3 is 3.05 bits per heavy atom. The molecule has 1 amide bonds. The molecule has 0 spiro atoms. The van der Waals surface area contributed by atoms with E-state index >= 15 is 0 Å². The fourth-order valence-electron chi connectivity index (χ4n) is 1.36. The largest absolute Gasteiger partial charge is 0.384 e. The molecule has 1 aromatic heterocycles. The van der Waals surface area contributed by atoms with E-state index in [9.17, 15) is 4.79 Å². The maximum absolute atomic E-state index is 11.9. The van der Waals surface area contributed by atoms with E-state index in [1.165, 1.54) is 6.20 Å². The van der Waals surface area contributed by atoms with Gasteiger partial charge in [0.05, 0.1) is 18.3 Å². The van der Waals surface area contributed by atoms with Gasteiger partial charge < -0.3 is 15.2 Å². The van der Waals surface area contributed by atoms with Crippen molar-refractivity contribution in [3.05, 3.63) is 29.6 Å². The fraction of sp³-hybridized carbons (Fsp3) is 0.429. The maximum Gasteiger partial charge on any atom is 0.271 e. The van der Waals surface area contributed by atoms with Gasteiger partial charge >= 0.3 is 0 Å². The molecule has 0 bridgehead atoms. The van der Waals surface area contributed by atoms with Crippen LogP contribution < -0.4 is 5.32 Å². The predicted molar refractivity (Wildman–Crippen MR) is 71.6 cm³/mol. The summed E-state index contributed by atoms with van der Waals surface area (Å²) in [6.45, 7) is 4.48. The van der Waals surface area contributed by atoms with E-state index in [1.807, 2.05) is 13.8 Å². The zero-order valence-electron chi connectivity index (χ0n) is 11.1. The number of rotatable bonds is 5. The summed E-state index contributed by atoms with van der Waals surface area (Å²) in [4.78, 5) is 15.9. The Labute approximate surface area is 113 Å². The van der Waals surface area contributed by atoms with Crippen molar-refractivity contribution < 1.29 is 14.6 Å². The smallest absolute Gasteiger partial charge is 0.271 e. The fourth-order valence-corrected chi connectivity index (χ4v) is 1.36. The van der Waals surface area contributed by atoms with Crippen LogP contribution >= 0.6 is 0 Å². The summed E-state index contributed by atoms with van der Waals surface area (Å²) < 4.78 is 5.33. The molecular formula is C14H18N2O3. The SMILES string of the molecule is CC(C)OCCNC(=O)c1ncccc1C#CCO. The average molecular weight is 262 g/mol. The van der Waals surface area contributed by atoms with Crippen molar-refractivity contribution in [2.24, 2.45) is 0 Å². The molecule has 0 unspecified atom stereocenters. The molecule has 0 saturated heterocycles. The van der Waals surface area contributed by atoms with E-state index in [0.717, 1.165) is 0 Å². The number of nitrogens with zero attached hydrogens (tertiary/aromatic N) is 1. The van der Waals surface area contributed by atoms with Gasteiger partial charge in [0.25, 0.3) is 5.91 Å². The van der Waals surface area contributed by atoms with Gasteiger partial charge in [0.2, 0.25) is 0 Å². The van der Waals surface area contributed by atoms with E-state index in [4.69, 9.17) is 9.84 Å². The Hall–Kier alpha value is -1.90. The summed E-state index contributed by atoms with van der Waals surface area (Å²) in [7, 11) is 0. The summed E-state index contributed by atoms with van der Waals surface area (Å²) >= 11 is 0. The topological polar surface area (TPSA) is 71.5 Å². The Bertz CT molecular complexity index is 475. The molecule has 102 valence electrons. The lowest BCUT2D eigenvalue weighted by Gasteiger charge is -2.09. The van der Waals surface area contributed by atoms with Crippen LogP contribution in [-0.4, -0.2) is 41.9 Å². The zero-order chi connectivity index (χ0) is 14.1. The monoisotopic (exact) mass is 262 g/mol. The predicted octanol–water partition coefficient (Wildman–Crippen LogP) is 0.580. The quantitative estimate of drug-likeness (QED) is 0.601. The molecule has 0 aliphatic heterocycles. The van der Waals surface area contributed by atoms with Crippen LogP contribution in [0, 0.1) is 11.8 Å². The first kappa shape index (κ1) is 15.2. The Morgan fingerprint density at radius 2 is 2.37 bits per heavy atom. The highest BCUT2D eigenvalue weighted by Crippen LogP contribution is 2.03. The lowest BCUT2D eigenvalue weighted by atomic mass is 10.2. The maximum atomic E-state index is 11.9. The van der Waals surface area contributed by atoms with Crippen molar-refractivity contribution in [2.75, 3.05) is 19.8 Å². The number of nitrogens with one attached hydrogen (secondary N) is 1. The molecule has 0 aliphatic carbocycles. The standard InChI is InChI=1S/C14H18N2O3/c1-11(2)19-10-8-16-14(18)13-12(6-4-9-17)5-3-7-15-13/h3,5,7,11,17H,8-10H2,1-2H3,(H,16,18). The third-order valence-electron chi connectivity index (χ3n) is 2.16. The molecular weight excluding hydrogens is 244 g/mol. The highest BCUT2D eigenvalue weighted by atomic mass is 16.5. The highest BCUT2D eigenvalue weighted by molar-refractivity contribution is 5.94. The van der Waals surface area contributed by atoms with Crippen molar-refractivity contribution in [1.29, 1.82) is 0 Å². The second-order valence-corrected chi connectivity index (χ2v) is 4.03. The molecule has 19 heavy (non-hydrogen) atoms. The molecule has 5 heteroatoms. The van der Waals surface area contributed by atoms with Crippen LogP contribution in [0.2, 0.25) is 0 Å². The van der Waals surface area contributed by atoms with Gasteiger partial charge in [-0.3, -0.25) is 4.79 Å². The van der Waals surface area contributed by atoms with Gasteiger partial charge in [-0.15, -0.1) is 0 Å². The number of aliphatic hydroxyl groups is 1. The lowest BCUT2D eigenvalue weighted by Crippen LogP contribution is -2.29. The van der Waals surface area contributed by atoms with Crippen LogP contribution in [0.3, 0.4) is 0 Å². The molecule has 0 radical (unpaired) electrons. The Balaban J connectivity index is 2.61. The Morgan fingerprint density at radius 1 is 1.58 bits per heavy atom. The number of carbonyl (C=O) groups is 1. The lowest BCUT2D eigenvalue weighted by molar-refractivity contribution is 0.0745. The van der Waals surface area contributed by atoms with Crippen LogP contribution in [0.5, 0.6) is 0 Å². The van der Waals surface area contributed by atoms with Crippen molar-refractivity contribution in [2.45, 2.75) is 20.0 Å². The molecule has 2 N–H and O–H groups in total. The first-order valence-electron chi connectivity index (χ1n) is 6.09. The van der Waals surface area contributed by atoms with Gasteiger partial charge in [0, 0.05) is 12.7 Å². The van der Waals surface area contributed by atoms with Gasteiger partial charge in [-0.2, -0.15) is 0 Å².